The molecule has 1 saturated heterocycles. The standard InChI is InChI=1S/C15H18N2O2/c1-3-8-15-9-10(2)19-14(15)17-12-7-5-4-6-11(12)16-13(15)18/h3-7,10,14,17H,1,8-9H2,2H3,(H,16,18). The highest BCUT2D eigenvalue weighted by Crippen LogP contribution is 2.46. The molecule has 4 heteroatoms. The van der Waals surface area contributed by atoms with Crippen molar-refractivity contribution in [1.82, 2.24) is 0 Å². The Morgan fingerprint density at radius 2 is 2.21 bits per heavy atom. The Morgan fingerprint density at radius 1 is 1.47 bits per heavy atom. The molecule has 2 heterocycles. The van der Waals surface area contributed by atoms with Crippen molar-refractivity contribution < 1.29 is 9.53 Å². The molecule has 1 aromatic carbocycles. The first kappa shape index (κ1) is 12.2. The minimum Gasteiger partial charge on any atom is -0.358 e. The second-order valence-corrected chi connectivity index (χ2v) is 5.32. The zero-order valence-corrected chi connectivity index (χ0v) is 11.0. The molecule has 1 fully saturated rings. The van der Waals surface area contributed by atoms with E-state index in [1.165, 1.54) is 0 Å². The Kier molecular flexibility index (Phi) is 2.82. The van der Waals surface area contributed by atoms with Crippen molar-refractivity contribution >= 4 is 17.3 Å². The van der Waals surface area contributed by atoms with E-state index in [0.29, 0.717) is 12.8 Å². The topological polar surface area (TPSA) is 50.4 Å². The van der Waals surface area contributed by atoms with Gasteiger partial charge in [0, 0.05) is 0 Å². The van der Waals surface area contributed by atoms with Crippen molar-refractivity contribution in [2.24, 2.45) is 5.41 Å². The maximum absolute atomic E-state index is 12.6. The molecule has 0 saturated carbocycles. The zero-order chi connectivity index (χ0) is 13.5. The van der Waals surface area contributed by atoms with Gasteiger partial charge >= 0.3 is 0 Å². The monoisotopic (exact) mass is 258 g/mol. The van der Waals surface area contributed by atoms with E-state index in [9.17, 15) is 4.79 Å². The number of nitrogens with one attached hydrogen (secondary N) is 2. The van der Waals surface area contributed by atoms with Gasteiger partial charge in [0.15, 0.2) is 0 Å². The molecule has 3 atom stereocenters. The van der Waals surface area contributed by atoms with Crippen molar-refractivity contribution in [1.29, 1.82) is 0 Å². The lowest BCUT2D eigenvalue weighted by Gasteiger charge is -2.29. The van der Waals surface area contributed by atoms with Gasteiger partial charge < -0.3 is 15.4 Å². The van der Waals surface area contributed by atoms with E-state index in [4.69, 9.17) is 4.74 Å². The van der Waals surface area contributed by atoms with Crippen LogP contribution < -0.4 is 10.6 Å². The van der Waals surface area contributed by atoms with Crippen LogP contribution in [0.3, 0.4) is 0 Å². The average molecular weight is 258 g/mol. The van der Waals surface area contributed by atoms with Gasteiger partial charge in [-0.1, -0.05) is 18.2 Å². The Hall–Kier alpha value is -1.81. The van der Waals surface area contributed by atoms with E-state index >= 15 is 0 Å². The van der Waals surface area contributed by atoms with Crippen LogP contribution in [-0.2, 0) is 9.53 Å². The SMILES string of the molecule is C=CCC12CC(C)OC1Nc1ccccc1NC2=O. The zero-order valence-electron chi connectivity index (χ0n) is 11.0. The maximum Gasteiger partial charge on any atom is 0.235 e. The summed E-state index contributed by atoms with van der Waals surface area (Å²) < 4.78 is 5.91. The van der Waals surface area contributed by atoms with E-state index < -0.39 is 5.41 Å². The number of amides is 1. The maximum atomic E-state index is 12.6. The van der Waals surface area contributed by atoms with E-state index in [0.717, 1.165) is 11.4 Å². The van der Waals surface area contributed by atoms with Crippen LogP contribution in [0, 0.1) is 5.41 Å². The summed E-state index contributed by atoms with van der Waals surface area (Å²) >= 11 is 0. The van der Waals surface area contributed by atoms with E-state index in [1.54, 1.807) is 6.08 Å². The van der Waals surface area contributed by atoms with Crippen molar-refractivity contribution in [2.45, 2.75) is 32.1 Å². The molecule has 0 spiro atoms. The predicted octanol–water partition coefficient (Wildman–Crippen LogP) is 2.75. The second kappa shape index (κ2) is 4.38. The molecule has 0 bridgehead atoms. The first-order valence-electron chi connectivity index (χ1n) is 6.59. The largest absolute Gasteiger partial charge is 0.358 e. The summed E-state index contributed by atoms with van der Waals surface area (Å²) in [4.78, 5) is 12.6. The molecule has 2 aliphatic heterocycles. The first-order valence-corrected chi connectivity index (χ1v) is 6.59. The number of para-hydroxylation sites is 2. The number of hydrogen-bond acceptors (Lipinski definition) is 3. The molecule has 0 aromatic heterocycles. The summed E-state index contributed by atoms with van der Waals surface area (Å²) in [7, 11) is 0. The third-order valence-corrected chi connectivity index (χ3v) is 3.94. The summed E-state index contributed by atoms with van der Waals surface area (Å²) in [6.45, 7) is 5.79. The average Bonchev–Trinajstić information content (AvgIpc) is 2.64. The van der Waals surface area contributed by atoms with E-state index in [1.807, 2.05) is 31.2 Å². The van der Waals surface area contributed by atoms with E-state index in [2.05, 4.69) is 17.2 Å². The van der Waals surface area contributed by atoms with Gasteiger partial charge in [0.1, 0.15) is 6.23 Å². The van der Waals surface area contributed by atoms with Gasteiger partial charge in [-0.25, -0.2) is 0 Å². The molecule has 0 radical (unpaired) electrons. The highest BCUT2D eigenvalue weighted by molar-refractivity contribution is 6.00. The van der Waals surface area contributed by atoms with Crippen LogP contribution in [0.1, 0.15) is 19.8 Å². The lowest BCUT2D eigenvalue weighted by molar-refractivity contribution is -0.127. The fraction of sp³-hybridized carbons (Fsp3) is 0.400. The molecule has 2 aliphatic rings. The van der Waals surface area contributed by atoms with Gasteiger partial charge in [0.25, 0.3) is 0 Å². The molecule has 19 heavy (non-hydrogen) atoms. The Morgan fingerprint density at radius 3 is 2.95 bits per heavy atom. The van der Waals surface area contributed by atoms with Gasteiger partial charge in [-0.3, -0.25) is 4.79 Å². The number of rotatable bonds is 2. The normalized spacial score (nSPS) is 32.6. The predicted molar refractivity (Wildman–Crippen MR) is 74.9 cm³/mol. The van der Waals surface area contributed by atoms with Gasteiger partial charge in [-0.2, -0.15) is 0 Å². The van der Waals surface area contributed by atoms with Crippen LogP contribution in [-0.4, -0.2) is 18.2 Å². The number of allylic oxidation sites excluding steroid dienone is 1. The van der Waals surface area contributed by atoms with Crippen molar-refractivity contribution in [3.05, 3.63) is 36.9 Å². The minimum absolute atomic E-state index is 0.0131. The molecule has 3 rings (SSSR count). The fourth-order valence-corrected chi connectivity index (χ4v) is 3.06. The van der Waals surface area contributed by atoms with Crippen LogP contribution in [0.2, 0.25) is 0 Å². The Balaban J connectivity index is 2.05. The first-order chi connectivity index (χ1) is 9.15. The fourth-order valence-electron chi connectivity index (χ4n) is 3.06. The van der Waals surface area contributed by atoms with Crippen LogP contribution in [0.15, 0.2) is 36.9 Å². The van der Waals surface area contributed by atoms with Crippen molar-refractivity contribution in [2.75, 3.05) is 10.6 Å². The molecule has 4 nitrogen and oxygen atoms in total. The molecule has 1 aromatic rings. The Labute approximate surface area is 112 Å². The van der Waals surface area contributed by atoms with Crippen LogP contribution in [0.5, 0.6) is 0 Å². The highest BCUT2D eigenvalue weighted by atomic mass is 16.5. The smallest absolute Gasteiger partial charge is 0.235 e. The van der Waals surface area contributed by atoms with Crippen LogP contribution in [0.4, 0.5) is 11.4 Å². The molecule has 3 unspecified atom stereocenters. The van der Waals surface area contributed by atoms with Crippen molar-refractivity contribution in [3.63, 3.8) is 0 Å². The molecular weight excluding hydrogens is 240 g/mol. The number of carbonyl (C=O) groups excluding carboxylic acids is 1. The van der Waals surface area contributed by atoms with Gasteiger partial charge in [0.2, 0.25) is 5.91 Å². The van der Waals surface area contributed by atoms with Gasteiger partial charge in [0.05, 0.1) is 22.9 Å². The van der Waals surface area contributed by atoms with E-state index in [-0.39, 0.29) is 18.2 Å². The summed E-state index contributed by atoms with van der Waals surface area (Å²) in [5, 5.41) is 6.37. The lowest BCUT2D eigenvalue weighted by atomic mass is 9.79. The minimum atomic E-state index is -0.569. The third-order valence-electron chi connectivity index (χ3n) is 3.94. The third kappa shape index (κ3) is 1.83. The number of benzene rings is 1. The summed E-state index contributed by atoms with van der Waals surface area (Å²) in [6, 6.07) is 7.70. The molecule has 0 aliphatic carbocycles. The summed E-state index contributed by atoms with van der Waals surface area (Å²) in [5.74, 6) is 0.0131. The number of hydrogen-bond donors (Lipinski definition) is 2. The summed E-state index contributed by atoms with van der Waals surface area (Å²) in [5.41, 5.74) is 1.14. The van der Waals surface area contributed by atoms with Gasteiger partial charge in [-0.15, -0.1) is 6.58 Å². The second-order valence-electron chi connectivity index (χ2n) is 5.32. The van der Waals surface area contributed by atoms with Gasteiger partial charge in [-0.05, 0) is 31.9 Å². The number of fused-ring (bicyclic) bond motifs is 2. The summed E-state index contributed by atoms with van der Waals surface area (Å²) in [6.07, 6.45) is 2.87. The number of carbonyl (C=O) groups is 1. The van der Waals surface area contributed by atoms with Crippen LogP contribution >= 0.6 is 0 Å². The quantitative estimate of drug-likeness (QED) is 0.802. The number of ether oxygens (including phenoxy) is 1. The molecule has 2 N–H and O–H groups in total. The van der Waals surface area contributed by atoms with Crippen molar-refractivity contribution in [3.8, 4) is 0 Å². The molecule has 100 valence electrons. The molecule has 1 amide bonds. The lowest BCUT2D eigenvalue weighted by Crippen LogP contribution is -2.44. The van der Waals surface area contributed by atoms with Crippen LogP contribution in [0.25, 0.3) is 0 Å². The Bertz CT molecular complexity index is 529. The highest BCUT2D eigenvalue weighted by Gasteiger charge is 2.53. The number of anilines is 2. The molecular formula is C15H18N2O2.